The number of piperidine rings is 1. The molecule has 2 fully saturated rings. The van der Waals surface area contributed by atoms with E-state index in [4.69, 9.17) is 9.47 Å². The summed E-state index contributed by atoms with van der Waals surface area (Å²) in [6, 6.07) is 9.53. The summed E-state index contributed by atoms with van der Waals surface area (Å²) in [6.07, 6.45) is 3.73. The van der Waals surface area contributed by atoms with E-state index in [1.807, 2.05) is 0 Å². The van der Waals surface area contributed by atoms with Crippen LogP contribution in [0.2, 0.25) is 0 Å². The van der Waals surface area contributed by atoms with Crippen LogP contribution in [0, 0.1) is 0 Å². The summed E-state index contributed by atoms with van der Waals surface area (Å²) < 4.78 is 11.5. The van der Waals surface area contributed by atoms with Crippen molar-refractivity contribution in [3.8, 4) is 0 Å². The first-order valence-corrected chi connectivity index (χ1v) is 8.61. The molecule has 22 heavy (non-hydrogen) atoms. The minimum Gasteiger partial charge on any atom is -0.349 e. The van der Waals surface area contributed by atoms with E-state index in [1.54, 1.807) is 0 Å². The standard InChI is InChI=1S/C19H29NO2/c1-19(2,3)16-9-7-15(8-10-16)14-20-11-5-4-6-17(20)18-21-12-13-22-18/h7-10,17-18H,4-6,11-14H2,1-3H3. The molecule has 3 nitrogen and oxygen atoms in total. The number of hydrogen-bond donors (Lipinski definition) is 0. The van der Waals surface area contributed by atoms with Crippen LogP contribution in [0.15, 0.2) is 24.3 Å². The number of hydrogen-bond acceptors (Lipinski definition) is 3. The Morgan fingerprint density at radius 2 is 1.73 bits per heavy atom. The van der Waals surface area contributed by atoms with Crippen LogP contribution in [0.1, 0.15) is 51.2 Å². The lowest BCUT2D eigenvalue weighted by Gasteiger charge is -2.38. The van der Waals surface area contributed by atoms with Crippen molar-refractivity contribution in [2.24, 2.45) is 0 Å². The van der Waals surface area contributed by atoms with E-state index >= 15 is 0 Å². The molecule has 3 heteroatoms. The van der Waals surface area contributed by atoms with Crippen molar-refractivity contribution in [1.29, 1.82) is 0 Å². The Kier molecular flexibility index (Phi) is 4.86. The Hall–Kier alpha value is -0.900. The molecular formula is C19H29NO2. The van der Waals surface area contributed by atoms with Gasteiger partial charge in [-0.2, -0.15) is 0 Å². The summed E-state index contributed by atoms with van der Waals surface area (Å²) in [4.78, 5) is 2.55. The van der Waals surface area contributed by atoms with Crippen molar-refractivity contribution in [3.05, 3.63) is 35.4 Å². The molecule has 1 unspecified atom stereocenters. The molecule has 1 aromatic carbocycles. The Bertz CT molecular complexity index is 471. The van der Waals surface area contributed by atoms with Gasteiger partial charge in [-0.15, -0.1) is 0 Å². The quantitative estimate of drug-likeness (QED) is 0.849. The zero-order chi connectivity index (χ0) is 15.6. The van der Waals surface area contributed by atoms with Crippen LogP contribution in [0.3, 0.4) is 0 Å². The molecule has 0 aliphatic carbocycles. The normalized spacial score (nSPS) is 24.8. The Balaban J connectivity index is 1.67. The maximum atomic E-state index is 5.76. The molecule has 0 saturated carbocycles. The van der Waals surface area contributed by atoms with Crippen molar-refractivity contribution in [2.75, 3.05) is 19.8 Å². The fourth-order valence-electron chi connectivity index (χ4n) is 3.46. The van der Waals surface area contributed by atoms with Crippen LogP contribution in [-0.2, 0) is 21.4 Å². The van der Waals surface area contributed by atoms with Crippen LogP contribution in [0.25, 0.3) is 0 Å². The number of benzene rings is 1. The second-order valence-electron chi connectivity index (χ2n) is 7.59. The maximum Gasteiger partial charge on any atom is 0.173 e. The zero-order valence-electron chi connectivity index (χ0n) is 14.2. The third-order valence-corrected chi connectivity index (χ3v) is 4.83. The van der Waals surface area contributed by atoms with Crippen LogP contribution < -0.4 is 0 Å². The Morgan fingerprint density at radius 1 is 1.05 bits per heavy atom. The fourth-order valence-corrected chi connectivity index (χ4v) is 3.46. The third kappa shape index (κ3) is 3.70. The van der Waals surface area contributed by atoms with E-state index in [0.717, 1.165) is 26.3 Å². The zero-order valence-corrected chi connectivity index (χ0v) is 14.2. The third-order valence-electron chi connectivity index (χ3n) is 4.83. The topological polar surface area (TPSA) is 21.7 Å². The first kappa shape index (κ1) is 16.0. The first-order valence-electron chi connectivity index (χ1n) is 8.61. The molecule has 0 amide bonds. The Morgan fingerprint density at radius 3 is 2.36 bits per heavy atom. The molecule has 0 N–H and O–H groups in total. The second-order valence-corrected chi connectivity index (χ2v) is 7.59. The molecule has 0 radical (unpaired) electrons. The molecule has 0 spiro atoms. The smallest absolute Gasteiger partial charge is 0.173 e. The van der Waals surface area contributed by atoms with Gasteiger partial charge in [0.05, 0.1) is 19.3 Å². The number of ether oxygens (including phenoxy) is 2. The first-order chi connectivity index (χ1) is 10.5. The number of rotatable bonds is 3. The molecule has 3 rings (SSSR count). The summed E-state index contributed by atoms with van der Waals surface area (Å²) in [5.74, 6) is 0. The summed E-state index contributed by atoms with van der Waals surface area (Å²) in [5.41, 5.74) is 3.00. The van der Waals surface area contributed by atoms with E-state index in [9.17, 15) is 0 Å². The number of likely N-dealkylation sites (tertiary alicyclic amines) is 1. The van der Waals surface area contributed by atoms with Gasteiger partial charge in [0.15, 0.2) is 6.29 Å². The average molecular weight is 303 g/mol. The van der Waals surface area contributed by atoms with E-state index < -0.39 is 0 Å². The van der Waals surface area contributed by atoms with Crippen LogP contribution >= 0.6 is 0 Å². The SMILES string of the molecule is CC(C)(C)c1ccc(CN2CCCCC2C2OCCO2)cc1. The molecule has 2 saturated heterocycles. The molecule has 2 aliphatic rings. The fraction of sp³-hybridized carbons (Fsp3) is 0.684. The highest BCUT2D eigenvalue weighted by molar-refractivity contribution is 5.27. The highest BCUT2D eigenvalue weighted by Gasteiger charge is 2.33. The highest BCUT2D eigenvalue weighted by atomic mass is 16.7. The van der Waals surface area contributed by atoms with E-state index in [1.165, 1.54) is 30.4 Å². The monoisotopic (exact) mass is 303 g/mol. The van der Waals surface area contributed by atoms with Gasteiger partial charge in [-0.3, -0.25) is 4.90 Å². The minimum atomic E-state index is -0.0193. The van der Waals surface area contributed by atoms with Gasteiger partial charge in [-0.05, 0) is 35.9 Å². The summed E-state index contributed by atoms with van der Waals surface area (Å²) >= 11 is 0. The maximum absolute atomic E-state index is 5.76. The second kappa shape index (κ2) is 6.69. The van der Waals surface area contributed by atoms with Crippen molar-refractivity contribution in [1.82, 2.24) is 4.90 Å². The lowest BCUT2D eigenvalue weighted by molar-refractivity contribution is -0.111. The molecule has 2 heterocycles. The molecule has 1 aromatic rings. The minimum absolute atomic E-state index is 0.0193. The van der Waals surface area contributed by atoms with Gasteiger partial charge in [-0.1, -0.05) is 51.5 Å². The van der Waals surface area contributed by atoms with Gasteiger partial charge >= 0.3 is 0 Å². The molecule has 0 aromatic heterocycles. The van der Waals surface area contributed by atoms with Gasteiger partial charge < -0.3 is 9.47 Å². The van der Waals surface area contributed by atoms with Crippen molar-refractivity contribution in [3.63, 3.8) is 0 Å². The lowest BCUT2D eigenvalue weighted by Crippen LogP contribution is -2.46. The van der Waals surface area contributed by atoms with Crippen LogP contribution in [0.5, 0.6) is 0 Å². The van der Waals surface area contributed by atoms with Crippen LogP contribution in [0.4, 0.5) is 0 Å². The van der Waals surface area contributed by atoms with Gasteiger partial charge in [0.25, 0.3) is 0 Å². The summed E-state index contributed by atoms with van der Waals surface area (Å²) in [6.45, 7) is 10.4. The lowest BCUT2D eigenvalue weighted by atomic mass is 9.86. The average Bonchev–Trinajstić information content (AvgIpc) is 3.01. The predicted octanol–water partition coefficient (Wildman–Crippen LogP) is 3.71. The van der Waals surface area contributed by atoms with Crippen molar-refractivity contribution < 1.29 is 9.47 Å². The largest absolute Gasteiger partial charge is 0.349 e. The summed E-state index contributed by atoms with van der Waals surface area (Å²) in [5, 5.41) is 0. The molecule has 122 valence electrons. The number of nitrogens with zero attached hydrogens (tertiary/aromatic N) is 1. The van der Waals surface area contributed by atoms with Gasteiger partial charge in [0.1, 0.15) is 0 Å². The van der Waals surface area contributed by atoms with Gasteiger partial charge in [0.2, 0.25) is 0 Å². The molecule has 0 bridgehead atoms. The Labute approximate surface area is 134 Å². The highest BCUT2D eigenvalue weighted by Crippen LogP contribution is 2.27. The predicted molar refractivity (Wildman–Crippen MR) is 88.9 cm³/mol. The van der Waals surface area contributed by atoms with Crippen molar-refractivity contribution >= 4 is 0 Å². The molecule has 1 atom stereocenters. The van der Waals surface area contributed by atoms with Crippen molar-refractivity contribution in [2.45, 2.75) is 64.3 Å². The summed E-state index contributed by atoms with van der Waals surface area (Å²) in [7, 11) is 0. The van der Waals surface area contributed by atoms with Crippen LogP contribution in [-0.4, -0.2) is 37.0 Å². The van der Waals surface area contributed by atoms with E-state index in [0.29, 0.717) is 6.04 Å². The molecule has 2 aliphatic heterocycles. The van der Waals surface area contributed by atoms with Gasteiger partial charge in [0, 0.05) is 6.54 Å². The molecular weight excluding hydrogens is 274 g/mol. The van der Waals surface area contributed by atoms with E-state index in [-0.39, 0.29) is 11.7 Å². The van der Waals surface area contributed by atoms with E-state index in [2.05, 4.69) is 49.9 Å². The van der Waals surface area contributed by atoms with Gasteiger partial charge in [-0.25, -0.2) is 0 Å².